The van der Waals surface area contributed by atoms with Crippen LogP contribution in [0.1, 0.15) is 87.5 Å². The van der Waals surface area contributed by atoms with Crippen LogP contribution < -0.4 is 0 Å². The molecule has 0 aliphatic carbocycles. The van der Waals surface area contributed by atoms with E-state index in [1.165, 1.54) is 32.1 Å². The molecule has 0 aromatic heterocycles. The molecule has 0 saturated carbocycles. The van der Waals surface area contributed by atoms with E-state index >= 15 is 0 Å². The molecule has 110 valence electrons. The van der Waals surface area contributed by atoms with Gasteiger partial charge < -0.3 is 0 Å². The summed E-state index contributed by atoms with van der Waals surface area (Å²) >= 11 is 0. The third-order valence-corrected chi connectivity index (χ3v) is 5.93. The van der Waals surface area contributed by atoms with Crippen LogP contribution >= 0.6 is 0 Å². The Morgan fingerprint density at radius 3 is 1.61 bits per heavy atom. The summed E-state index contributed by atoms with van der Waals surface area (Å²) in [6, 6.07) is 0. The lowest BCUT2D eigenvalue weighted by Crippen LogP contribution is -2.32. The van der Waals surface area contributed by atoms with E-state index in [1.54, 1.807) is 0 Å². The zero-order valence-electron chi connectivity index (χ0n) is 14.3. The SMILES string of the molecule is CCC(C)C(CC(C)(CC)C(C)C)C(CC)CC. The van der Waals surface area contributed by atoms with Crippen molar-refractivity contribution in [2.24, 2.45) is 29.1 Å². The first-order chi connectivity index (χ1) is 8.36. The zero-order valence-corrected chi connectivity index (χ0v) is 14.3. The van der Waals surface area contributed by atoms with Gasteiger partial charge in [-0.25, -0.2) is 0 Å². The molecule has 0 aromatic rings. The smallest absolute Gasteiger partial charge is 0.0303 e. The van der Waals surface area contributed by atoms with Crippen LogP contribution in [0.15, 0.2) is 0 Å². The Balaban J connectivity index is 4.98. The first-order valence-corrected chi connectivity index (χ1v) is 8.36. The Bertz CT molecular complexity index is 202. The van der Waals surface area contributed by atoms with E-state index in [4.69, 9.17) is 0 Å². The third-order valence-electron chi connectivity index (χ3n) is 5.93. The van der Waals surface area contributed by atoms with Crippen LogP contribution in [-0.2, 0) is 0 Å². The summed E-state index contributed by atoms with van der Waals surface area (Å²) in [5.41, 5.74) is 0.524. The molecule has 3 unspecified atom stereocenters. The first kappa shape index (κ1) is 18.0. The molecule has 0 saturated heterocycles. The number of hydrogen-bond donors (Lipinski definition) is 0. The monoisotopic (exact) mass is 254 g/mol. The molecule has 0 N–H and O–H groups in total. The summed E-state index contributed by atoms with van der Waals surface area (Å²) in [6.07, 6.45) is 6.77. The Labute approximate surface area is 117 Å². The fraction of sp³-hybridized carbons (Fsp3) is 1.00. The highest BCUT2D eigenvalue weighted by Crippen LogP contribution is 2.43. The van der Waals surface area contributed by atoms with E-state index in [2.05, 4.69) is 55.4 Å². The second kappa shape index (κ2) is 8.23. The van der Waals surface area contributed by atoms with E-state index in [0.717, 1.165) is 23.7 Å². The third kappa shape index (κ3) is 4.59. The molecule has 0 bridgehead atoms. The first-order valence-electron chi connectivity index (χ1n) is 8.36. The Hall–Kier alpha value is 0. The predicted octanol–water partition coefficient (Wildman–Crippen LogP) is 6.55. The van der Waals surface area contributed by atoms with Gasteiger partial charge in [-0.15, -0.1) is 0 Å². The van der Waals surface area contributed by atoms with Crippen LogP contribution in [0.5, 0.6) is 0 Å². The van der Waals surface area contributed by atoms with Crippen LogP contribution in [0.4, 0.5) is 0 Å². The quantitative estimate of drug-likeness (QED) is 0.438. The summed E-state index contributed by atoms with van der Waals surface area (Å²) in [4.78, 5) is 0. The molecule has 0 amide bonds. The van der Waals surface area contributed by atoms with E-state index in [-0.39, 0.29) is 0 Å². The van der Waals surface area contributed by atoms with Crippen molar-refractivity contribution in [1.29, 1.82) is 0 Å². The minimum atomic E-state index is 0.524. The second-order valence-corrected chi connectivity index (χ2v) is 6.99. The number of rotatable bonds is 9. The largest absolute Gasteiger partial charge is 0.0651 e. The Morgan fingerprint density at radius 1 is 0.833 bits per heavy atom. The maximum atomic E-state index is 2.51. The highest BCUT2D eigenvalue weighted by molar-refractivity contribution is 4.84. The van der Waals surface area contributed by atoms with Gasteiger partial charge in [-0.05, 0) is 35.5 Å². The van der Waals surface area contributed by atoms with Crippen molar-refractivity contribution in [2.45, 2.75) is 87.5 Å². The second-order valence-electron chi connectivity index (χ2n) is 6.99. The molecule has 0 rings (SSSR count). The highest BCUT2D eigenvalue weighted by Gasteiger charge is 2.34. The van der Waals surface area contributed by atoms with Gasteiger partial charge in [0.05, 0.1) is 0 Å². The van der Waals surface area contributed by atoms with E-state index in [1.807, 2.05) is 0 Å². The maximum Gasteiger partial charge on any atom is -0.0303 e. The van der Waals surface area contributed by atoms with Gasteiger partial charge >= 0.3 is 0 Å². The molecule has 0 spiro atoms. The van der Waals surface area contributed by atoms with Crippen molar-refractivity contribution in [3.63, 3.8) is 0 Å². The van der Waals surface area contributed by atoms with Gasteiger partial charge in [-0.2, -0.15) is 0 Å². The summed E-state index contributed by atoms with van der Waals surface area (Å²) < 4.78 is 0. The van der Waals surface area contributed by atoms with Crippen LogP contribution in [0.3, 0.4) is 0 Å². The van der Waals surface area contributed by atoms with Crippen molar-refractivity contribution >= 4 is 0 Å². The summed E-state index contributed by atoms with van der Waals surface area (Å²) in [5.74, 6) is 3.50. The molecule has 0 nitrogen and oxygen atoms in total. The van der Waals surface area contributed by atoms with Crippen molar-refractivity contribution < 1.29 is 0 Å². The molecule has 0 radical (unpaired) electrons. The van der Waals surface area contributed by atoms with Gasteiger partial charge in [0.2, 0.25) is 0 Å². The maximum absolute atomic E-state index is 2.51. The van der Waals surface area contributed by atoms with Crippen molar-refractivity contribution in [3.8, 4) is 0 Å². The molecular weight excluding hydrogens is 216 g/mol. The average Bonchev–Trinajstić information content (AvgIpc) is 2.37. The van der Waals surface area contributed by atoms with Crippen LogP contribution in [0.25, 0.3) is 0 Å². The topological polar surface area (TPSA) is 0 Å². The van der Waals surface area contributed by atoms with E-state index in [0.29, 0.717) is 5.41 Å². The molecule has 0 heterocycles. The van der Waals surface area contributed by atoms with Gasteiger partial charge in [0.1, 0.15) is 0 Å². The molecule has 0 aliphatic heterocycles. The van der Waals surface area contributed by atoms with Crippen molar-refractivity contribution in [2.75, 3.05) is 0 Å². The van der Waals surface area contributed by atoms with Crippen molar-refractivity contribution in [1.82, 2.24) is 0 Å². The van der Waals surface area contributed by atoms with Crippen LogP contribution in [0.2, 0.25) is 0 Å². The lowest BCUT2D eigenvalue weighted by atomic mass is 9.64. The molecule has 0 fully saturated rings. The zero-order chi connectivity index (χ0) is 14.3. The fourth-order valence-electron chi connectivity index (χ4n) is 3.36. The van der Waals surface area contributed by atoms with E-state index in [9.17, 15) is 0 Å². The van der Waals surface area contributed by atoms with Crippen molar-refractivity contribution in [3.05, 3.63) is 0 Å². The van der Waals surface area contributed by atoms with Gasteiger partial charge in [-0.3, -0.25) is 0 Å². The fourth-order valence-corrected chi connectivity index (χ4v) is 3.36. The minimum Gasteiger partial charge on any atom is -0.0651 e. The molecule has 0 heteroatoms. The van der Waals surface area contributed by atoms with Gasteiger partial charge in [0.15, 0.2) is 0 Å². The lowest BCUT2D eigenvalue weighted by molar-refractivity contribution is 0.0910. The summed E-state index contributed by atoms with van der Waals surface area (Å²) in [6.45, 7) is 19.3. The number of hydrogen-bond acceptors (Lipinski definition) is 0. The molecular formula is C18H38. The lowest BCUT2D eigenvalue weighted by Gasteiger charge is -2.41. The average molecular weight is 255 g/mol. The standard InChI is InChI=1S/C18H38/c1-9-15(7)17(16(10-2)11-3)13-18(8,12-4)14(5)6/h14-17H,9-13H2,1-8H3. The van der Waals surface area contributed by atoms with Gasteiger partial charge in [0, 0.05) is 0 Å². The molecule has 18 heavy (non-hydrogen) atoms. The Kier molecular flexibility index (Phi) is 8.23. The predicted molar refractivity (Wildman–Crippen MR) is 84.9 cm³/mol. The summed E-state index contributed by atoms with van der Waals surface area (Å²) in [7, 11) is 0. The molecule has 0 aliphatic rings. The normalized spacial score (nSPS) is 19.0. The minimum absolute atomic E-state index is 0.524. The highest BCUT2D eigenvalue weighted by atomic mass is 14.4. The van der Waals surface area contributed by atoms with Crippen LogP contribution in [0, 0.1) is 29.1 Å². The molecule has 0 aromatic carbocycles. The van der Waals surface area contributed by atoms with Gasteiger partial charge in [-0.1, -0.05) is 81.1 Å². The Morgan fingerprint density at radius 2 is 1.33 bits per heavy atom. The summed E-state index contributed by atoms with van der Waals surface area (Å²) in [5, 5.41) is 0. The van der Waals surface area contributed by atoms with Gasteiger partial charge in [0.25, 0.3) is 0 Å². The van der Waals surface area contributed by atoms with E-state index < -0.39 is 0 Å². The van der Waals surface area contributed by atoms with Crippen LogP contribution in [-0.4, -0.2) is 0 Å². The molecule has 3 atom stereocenters.